The molecule has 0 aliphatic rings. The van der Waals surface area contributed by atoms with Crippen LogP contribution in [0.15, 0.2) is 66.7 Å². The number of benzene rings is 3. The number of hydrogen-bond donors (Lipinski definition) is 0. The molecule has 0 aliphatic carbocycles. The third kappa shape index (κ3) is 5.92. The Morgan fingerprint density at radius 1 is 1.00 bits per heavy atom. The van der Waals surface area contributed by atoms with Crippen LogP contribution < -0.4 is 19.5 Å². The molecule has 0 N–H and O–H groups in total. The summed E-state index contributed by atoms with van der Waals surface area (Å²) in [7, 11) is 1.58. The van der Waals surface area contributed by atoms with Crippen molar-refractivity contribution in [1.29, 1.82) is 0 Å². The van der Waals surface area contributed by atoms with Crippen molar-refractivity contribution in [3.05, 3.63) is 89.0 Å². The van der Waals surface area contributed by atoms with E-state index in [4.69, 9.17) is 9.47 Å². The maximum absolute atomic E-state index is 13.3. The second-order valence-corrected chi connectivity index (χ2v) is 8.12. The van der Waals surface area contributed by atoms with Crippen LogP contribution in [-0.4, -0.2) is 25.6 Å². The highest BCUT2D eigenvalue weighted by Gasteiger charge is 2.21. The summed E-state index contributed by atoms with van der Waals surface area (Å²) in [5, 5.41) is 11.7. The molecule has 172 valence electrons. The summed E-state index contributed by atoms with van der Waals surface area (Å²) in [5.41, 5.74) is 3.05. The molecule has 0 saturated carbocycles. The van der Waals surface area contributed by atoms with Crippen molar-refractivity contribution in [2.24, 2.45) is 0 Å². The van der Waals surface area contributed by atoms with Gasteiger partial charge in [-0.15, -0.1) is 0 Å². The van der Waals surface area contributed by atoms with Crippen LogP contribution in [0.3, 0.4) is 0 Å². The summed E-state index contributed by atoms with van der Waals surface area (Å²) < 4.78 is 11.1. The minimum absolute atomic E-state index is 0.0576. The number of carboxylic acids is 1. The number of amides is 1. The van der Waals surface area contributed by atoms with Crippen LogP contribution in [0.4, 0.5) is 5.69 Å². The standard InChI is InChI=1S/C27H29NO5/c1-18(2)22-14-9-19(3)15-25(22)33-17-26(29)28(16-20-10-12-21(32-4)13-11-20)24-8-6-5-7-23(24)27(30)31/h5-15,18H,16-17H2,1-4H3,(H,30,31)/p-1. The van der Waals surface area contributed by atoms with Crippen LogP contribution in [0, 0.1) is 6.92 Å². The van der Waals surface area contributed by atoms with Crippen molar-refractivity contribution in [2.75, 3.05) is 18.6 Å². The molecule has 6 nitrogen and oxygen atoms in total. The fourth-order valence-electron chi connectivity index (χ4n) is 3.56. The second-order valence-electron chi connectivity index (χ2n) is 8.12. The number of nitrogens with zero attached hydrogens (tertiary/aromatic N) is 1. The predicted molar refractivity (Wildman–Crippen MR) is 126 cm³/mol. The van der Waals surface area contributed by atoms with Gasteiger partial charge < -0.3 is 24.3 Å². The summed E-state index contributed by atoms with van der Waals surface area (Å²) in [6.07, 6.45) is 0. The lowest BCUT2D eigenvalue weighted by atomic mass is 10.0. The van der Waals surface area contributed by atoms with E-state index in [1.807, 2.05) is 37.3 Å². The Morgan fingerprint density at radius 3 is 2.33 bits per heavy atom. The van der Waals surface area contributed by atoms with E-state index in [1.165, 1.54) is 11.0 Å². The van der Waals surface area contributed by atoms with E-state index < -0.39 is 5.97 Å². The van der Waals surface area contributed by atoms with Gasteiger partial charge in [0.25, 0.3) is 5.91 Å². The Hall–Kier alpha value is -3.80. The molecule has 6 heteroatoms. The van der Waals surface area contributed by atoms with Crippen molar-refractivity contribution >= 4 is 17.6 Å². The van der Waals surface area contributed by atoms with Crippen LogP contribution in [0.2, 0.25) is 0 Å². The van der Waals surface area contributed by atoms with Gasteiger partial charge in [0.2, 0.25) is 0 Å². The monoisotopic (exact) mass is 446 g/mol. The molecule has 1 amide bonds. The first-order valence-electron chi connectivity index (χ1n) is 10.8. The lowest BCUT2D eigenvalue weighted by Crippen LogP contribution is -2.37. The summed E-state index contributed by atoms with van der Waals surface area (Å²) >= 11 is 0. The van der Waals surface area contributed by atoms with Gasteiger partial charge in [-0.1, -0.05) is 56.3 Å². The molecule has 0 spiro atoms. The number of ether oxygens (including phenoxy) is 2. The molecule has 0 aliphatic heterocycles. The summed E-state index contributed by atoms with van der Waals surface area (Å²) in [6.45, 7) is 6.02. The molecule has 0 heterocycles. The second kappa shape index (κ2) is 10.7. The zero-order valence-electron chi connectivity index (χ0n) is 19.3. The summed E-state index contributed by atoms with van der Waals surface area (Å²) in [6, 6.07) is 19.5. The highest BCUT2D eigenvalue weighted by Crippen LogP contribution is 2.28. The smallest absolute Gasteiger partial charge is 0.265 e. The lowest BCUT2D eigenvalue weighted by Gasteiger charge is -2.26. The Balaban J connectivity index is 1.91. The van der Waals surface area contributed by atoms with Gasteiger partial charge in [-0.2, -0.15) is 0 Å². The van der Waals surface area contributed by atoms with Crippen molar-refractivity contribution in [3.8, 4) is 11.5 Å². The molecule has 0 atom stereocenters. The number of methoxy groups -OCH3 is 1. The average Bonchev–Trinajstić information content (AvgIpc) is 2.81. The lowest BCUT2D eigenvalue weighted by molar-refractivity contribution is -0.254. The Labute approximate surface area is 194 Å². The number of hydrogen-bond acceptors (Lipinski definition) is 5. The largest absolute Gasteiger partial charge is 0.545 e. The molecule has 3 aromatic rings. The number of aromatic carboxylic acids is 1. The minimum Gasteiger partial charge on any atom is -0.545 e. The first-order chi connectivity index (χ1) is 15.8. The molecular weight excluding hydrogens is 418 g/mol. The Kier molecular flexibility index (Phi) is 7.72. The van der Waals surface area contributed by atoms with Gasteiger partial charge in [-0.05, 0) is 53.8 Å². The summed E-state index contributed by atoms with van der Waals surface area (Å²) in [5.74, 6) is -0.146. The molecule has 3 rings (SSSR count). The van der Waals surface area contributed by atoms with Crippen LogP contribution in [-0.2, 0) is 11.3 Å². The van der Waals surface area contributed by atoms with E-state index >= 15 is 0 Å². The Morgan fingerprint density at radius 2 is 1.70 bits per heavy atom. The number of carboxylic acid groups (broad SMARTS) is 1. The molecule has 0 aromatic heterocycles. The van der Waals surface area contributed by atoms with Gasteiger partial charge in [0.1, 0.15) is 11.5 Å². The van der Waals surface area contributed by atoms with Crippen LogP contribution in [0.1, 0.15) is 46.8 Å². The minimum atomic E-state index is -1.35. The predicted octanol–water partition coefficient (Wildman–Crippen LogP) is 4.10. The number of carbonyl (C=O) groups is 2. The van der Waals surface area contributed by atoms with Gasteiger partial charge in [0.15, 0.2) is 6.61 Å². The van der Waals surface area contributed by atoms with Crippen molar-refractivity contribution in [3.63, 3.8) is 0 Å². The first kappa shape index (κ1) is 23.9. The summed E-state index contributed by atoms with van der Waals surface area (Å²) in [4.78, 5) is 26.5. The van der Waals surface area contributed by atoms with E-state index in [9.17, 15) is 14.7 Å². The van der Waals surface area contributed by atoms with E-state index in [0.29, 0.717) is 11.5 Å². The topological polar surface area (TPSA) is 78.9 Å². The number of anilines is 1. The number of para-hydroxylation sites is 1. The number of carbonyl (C=O) groups excluding carboxylic acids is 2. The zero-order chi connectivity index (χ0) is 24.0. The fourth-order valence-corrected chi connectivity index (χ4v) is 3.56. The van der Waals surface area contributed by atoms with E-state index in [2.05, 4.69) is 13.8 Å². The van der Waals surface area contributed by atoms with E-state index in [-0.39, 0.29) is 36.2 Å². The number of aryl methyl sites for hydroxylation is 1. The van der Waals surface area contributed by atoms with Crippen LogP contribution >= 0.6 is 0 Å². The van der Waals surface area contributed by atoms with Gasteiger partial charge in [0, 0.05) is 5.56 Å². The first-order valence-corrected chi connectivity index (χ1v) is 10.8. The molecule has 33 heavy (non-hydrogen) atoms. The molecule has 3 aromatic carbocycles. The highest BCUT2D eigenvalue weighted by atomic mass is 16.5. The van der Waals surface area contributed by atoms with Crippen LogP contribution in [0.5, 0.6) is 11.5 Å². The molecular formula is C27H28NO5-. The quantitative estimate of drug-likeness (QED) is 0.494. The van der Waals surface area contributed by atoms with Crippen LogP contribution in [0.25, 0.3) is 0 Å². The average molecular weight is 447 g/mol. The third-order valence-corrected chi connectivity index (χ3v) is 5.36. The SMILES string of the molecule is COc1ccc(CN(C(=O)COc2cc(C)ccc2C(C)C)c2ccccc2C(=O)[O-])cc1. The Bertz CT molecular complexity index is 1120. The van der Waals surface area contributed by atoms with Gasteiger partial charge in [-0.25, -0.2) is 0 Å². The zero-order valence-corrected chi connectivity index (χ0v) is 19.3. The van der Waals surface area contributed by atoms with Crippen molar-refractivity contribution in [2.45, 2.75) is 33.2 Å². The molecule has 0 unspecified atom stereocenters. The van der Waals surface area contributed by atoms with Gasteiger partial charge in [-0.3, -0.25) is 4.79 Å². The van der Waals surface area contributed by atoms with Gasteiger partial charge >= 0.3 is 0 Å². The maximum atomic E-state index is 13.3. The van der Waals surface area contributed by atoms with Crippen molar-refractivity contribution < 1.29 is 24.2 Å². The number of rotatable bonds is 9. The normalized spacial score (nSPS) is 10.7. The fraction of sp³-hybridized carbons (Fsp3) is 0.259. The van der Waals surface area contributed by atoms with Gasteiger partial charge in [0.05, 0.1) is 25.3 Å². The van der Waals surface area contributed by atoms with E-state index in [1.54, 1.807) is 37.4 Å². The maximum Gasteiger partial charge on any atom is 0.265 e. The molecule has 0 bridgehead atoms. The molecule has 0 saturated heterocycles. The molecule has 0 fully saturated rings. The highest BCUT2D eigenvalue weighted by molar-refractivity contribution is 6.01. The molecule has 0 radical (unpaired) electrons. The van der Waals surface area contributed by atoms with E-state index in [0.717, 1.165) is 16.7 Å². The van der Waals surface area contributed by atoms with Crippen molar-refractivity contribution in [1.82, 2.24) is 0 Å². The third-order valence-electron chi connectivity index (χ3n) is 5.36.